The summed E-state index contributed by atoms with van der Waals surface area (Å²) in [6.45, 7) is 2.49. The van der Waals surface area contributed by atoms with Crippen LogP contribution >= 0.6 is 0 Å². The van der Waals surface area contributed by atoms with Gasteiger partial charge >= 0.3 is 0 Å². The van der Waals surface area contributed by atoms with E-state index in [1.165, 1.54) is 0 Å². The molecule has 1 heterocycles. The minimum atomic E-state index is -0.582. The van der Waals surface area contributed by atoms with Crippen LogP contribution in [0, 0.1) is 0 Å². The Balaban J connectivity index is 2.25. The van der Waals surface area contributed by atoms with Crippen LogP contribution in [0.15, 0.2) is 0 Å². The number of rotatable bonds is 4. The molecule has 1 fully saturated rings. The molecule has 0 saturated carbocycles. The van der Waals surface area contributed by atoms with E-state index in [0.29, 0.717) is 12.6 Å². The quantitative estimate of drug-likeness (QED) is 0.592. The average Bonchev–Trinajstić information content (AvgIpc) is 2.52. The van der Waals surface area contributed by atoms with Gasteiger partial charge in [-0.15, -0.1) is 0 Å². The lowest BCUT2D eigenvalue weighted by Crippen LogP contribution is -2.36. The predicted octanol–water partition coefficient (Wildman–Crippen LogP) is -1.02. The molecular formula is C9H20N2O2. The Morgan fingerprint density at radius 1 is 1.54 bits per heavy atom. The van der Waals surface area contributed by atoms with Crippen molar-refractivity contribution >= 4 is 0 Å². The number of β-amino-alcohol motifs (C(OH)–C–C–N with tert-alkyl or cyclic N) is 1. The van der Waals surface area contributed by atoms with Crippen molar-refractivity contribution in [3.8, 4) is 0 Å². The van der Waals surface area contributed by atoms with Crippen LogP contribution in [0.4, 0.5) is 0 Å². The smallest absolute Gasteiger partial charge is 0.0897 e. The van der Waals surface area contributed by atoms with E-state index in [1.807, 2.05) is 0 Å². The first-order valence-corrected chi connectivity index (χ1v) is 4.81. The lowest BCUT2D eigenvalue weighted by Gasteiger charge is -2.21. The molecule has 0 aromatic heterocycles. The Kier molecular flexibility index (Phi) is 4.12. The Labute approximate surface area is 79.8 Å². The Hall–Kier alpha value is -0.160. The molecule has 1 rings (SSSR count). The molecule has 0 amide bonds. The van der Waals surface area contributed by atoms with Gasteiger partial charge in [0.2, 0.25) is 0 Å². The highest BCUT2D eigenvalue weighted by molar-refractivity contribution is 4.81. The zero-order chi connectivity index (χ0) is 9.84. The first-order chi connectivity index (χ1) is 6.13. The highest BCUT2D eigenvalue weighted by Gasteiger charge is 2.24. The van der Waals surface area contributed by atoms with Crippen molar-refractivity contribution in [2.24, 2.45) is 0 Å². The van der Waals surface area contributed by atoms with Crippen LogP contribution in [0.2, 0.25) is 0 Å². The molecule has 2 N–H and O–H groups in total. The van der Waals surface area contributed by atoms with Gasteiger partial charge in [-0.2, -0.15) is 0 Å². The molecule has 0 aromatic rings. The summed E-state index contributed by atoms with van der Waals surface area (Å²) in [7, 11) is 4.16. The average molecular weight is 188 g/mol. The second kappa shape index (κ2) is 4.91. The molecule has 0 bridgehead atoms. The van der Waals surface area contributed by atoms with Crippen LogP contribution in [0.1, 0.15) is 6.42 Å². The maximum absolute atomic E-state index is 9.24. The summed E-state index contributed by atoms with van der Waals surface area (Å²) in [5, 5.41) is 17.9. The molecule has 4 nitrogen and oxygen atoms in total. The van der Waals surface area contributed by atoms with Crippen LogP contribution < -0.4 is 0 Å². The summed E-state index contributed by atoms with van der Waals surface area (Å²) in [6, 6.07) is 0.603. The third-order valence-corrected chi connectivity index (χ3v) is 2.66. The molecule has 2 unspecified atom stereocenters. The standard InChI is InChI=1S/C9H20N2O2/c1-10(2)8-3-4-11(5-8)6-9(13)7-12/h8-9,12-13H,3-7H2,1-2H3. The normalized spacial score (nSPS) is 27.0. The van der Waals surface area contributed by atoms with Crippen LogP contribution in [0.5, 0.6) is 0 Å². The monoisotopic (exact) mass is 188 g/mol. The SMILES string of the molecule is CN(C)C1CCN(CC(O)CO)C1. The van der Waals surface area contributed by atoms with E-state index in [9.17, 15) is 5.11 Å². The lowest BCUT2D eigenvalue weighted by atomic mass is 10.2. The molecule has 4 heteroatoms. The number of hydrogen-bond donors (Lipinski definition) is 2. The van der Waals surface area contributed by atoms with Crippen LogP contribution in [-0.4, -0.2) is 72.5 Å². The zero-order valence-electron chi connectivity index (χ0n) is 8.48. The van der Waals surface area contributed by atoms with Gasteiger partial charge in [0.25, 0.3) is 0 Å². The Morgan fingerprint density at radius 3 is 2.69 bits per heavy atom. The predicted molar refractivity (Wildman–Crippen MR) is 51.6 cm³/mol. The zero-order valence-corrected chi connectivity index (χ0v) is 8.48. The summed E-state index contributed by atoms with van der Waals surface area (Å²) >= 11 is 0. The molecule has 1 aliphatic rings. The maximum Gasteiger partial charge on any atom is 0.0897 e. The number of likely N-dealkylation sites (tertiary alicyclic amines) is 1. The number of aliphatic hydroxyl groups excluding tert-OH is 2. The highest BCUT2D eigenvalue weighted by Crippen LogP contribution is 2.12. The van der Waals surface area contributed by atoms with Crippen molar-refractivity contribution in [2.75, 3.05) is 40.3 Å². The Morgan fingerprint density at radius 2 is 2.23 bits per heavy atom. The number of aliphatic hydroxyl groups is 2. The fraction of sp³-hybridized carbons (Fsp3) is 1.00. The summed E-state index contributed by atoms with van der Waals surface area (Å²) in [6.07, 6.45) is 0.575. The first-order valence-electron chi connectivity index (χ1n) is 4.81. The third-order valence-electron chi connectivity index (χ3n) is 2.66. The fourth-order valence-electron chi connectivity index (χ4n) is 1.76. The summed E-state index contributed by atoms with van der Waals surface area (Å²) in [5.41, 5.74) is 0. The van der Waals surface area contributed by atoms with E-state index in [0.717, 1.165) is 19.5 Å². The van der Waals surface area contributed by atoms with Crippen LogP contribution in [0.3, 0.4) is 0 Å². The first kappa shape index (κ1) is 10.9. The van der Waals surface area contributed by atoms with Gasteiger partial charge in [-0.25, -0.2) is 0 Å². The van der Waals surface area contributed by atoms with Crippen molar-refractivity contribution in [1.29, 1.82) is 0 Å². The molecule has 78 valence electrons. The Bertz CT molecular complexity index is 153. The molecule has 1 aliphatic heterocycles. The topological polar surface area (TPSA) is 46.9 Å². The van der Waals surface area contributed by atoms with Gasteiger partial charge in [0.15, 0.2) is 0 Å². The number of hydrogen-bond acceptors (Lipinski definition) is 4. The van der Waals surface area contributed by atoms with E-state index in [4.69, 9.17) is 5.11 Å². The van der Waals surface area contributed by atoms with Crippen molar-refractivity contribution in [3.05, 3.63) is 0 Å². The molecule has 0 spiro atoms. The van der Waals surface area contributed by atoms with Gasteiger partial charge in [-0.3, -0.25) is 4.90 Å². The van der Waals surface area contributed by atoms with E-state index >= 15 is 0 Å². The third kappa shape index (κ3) is 3.23. The van der Waals surface area contributed by atoms with Gasteiger partial charge in [0.1, 0.15) is 0 Å². The number of nitrogens with zero attached hydrogens (tertiary/aromatic N) is 2. The summed E-state index contributed by atoms with van der Waals surface area (Å²) < 4.78 is 0. The van der Waals surface area contributed by atoms with Crippen molar-refractivity contribution in [3.63, 3.8) is 0 Å². The minimum absolute atomic E-state index is 0.136. The number of likely N-dealkylation sites (N-methyl/N-ethyl adjacent to an activating group) is 1. The van der Waals surface area contributed by atoms with E-state index in [2.05, 4.69) is 23.9 Å². The van der Waals surface area contributed by atoms with Crippen LogP contribution in [0.25, 0.3) is 0 Å². The van der Waals surface area contributed by atoms with E-state index < -0.39 is 6.10 Å². The molecule has 2 atom stereocenters. The van der Waals surface area contributed by atoms with Crippen LogP contribution in [-0.2, 0) is 0 Å². The highest BCUT2D eigenvalue weighted by atomic mass is 16.3. The lowest BCUT2D eigenvalue weighted by molar-refractivity contribution is 0.0644. The van der Waals surface area contributed by atoms with Gasteiger partial charge in [0, 0.05) is 19.1 Å². The van der Waals surface area contributed by atoms with Gasteiger partial charge < -0.3 is 15.1 Å². The van der Waals surface area contributed by atoms with Gasteiger partial charge in [-0.05, 0) is 27.1 Å². The molecule has 0 radical (unpaired) electrons. The molecule has 0 aliphatic carbocycles. The summed E-state index contributed by atoms with van der Waals surface area (Å²) in [5.74, 6) is 0. The van der Waals surface area contributed by atoms with Gasteiger partial charge in [-0.1, -0.05) is 0 Å². The van der Waals surface area contributed by atoms with E-state index in [-0.39, 0.29) is 6.61 Å². The second-order valence-electron chi connectivity index (χ2n) is 4.00. The summed E-state index contributed by atoms with van der Waals surface area (Å²) in [4.78, 5) is 4.41. The molecule has 13 heavy (non-hydrogen) atoms. The maximum atomic E-state index is 9.24. The molecule has 0 aromatic carbocycles. The second-order valence-corrected chi connectivity index (χ2v) is 4.00. The minimum Gasteiger partial charge on any atom is -0.394 e. The largest absolute Gasteiger partial charge is 0.394 e. The van der Waals surface area contributed by atoms with E-state index in [1.54, 1.807) is 0 Å². The van der Waals surface area contributed by atoms with Crippen molar-refractivity contribution < 1.29 is 10.2 Å². The fourth-order valence-corrected chi connectivity index (χ4v) is 1.76. The van der Waals surface area contributed by atoms with Crippen molar-refractivity contribution in [2.45, 2.75) is 18.6 Å². The molecule has 1 saturated heterocycles. The van der Waals surface area contributed by atoms with Crippen molar-refractivity contribution in [1.82, 2.24) is 9.80 Å². The molecular weight excluding hydrogens is 168 g/mol. The van der Waals surface area contributed by atoms with Gasteiger partial charge in [0.05, 0.1) is 12.7 Å².